The largest absolute Gasteiger partial charge is 0.384 e. The highest BCUT2D eigenvalue weighted by molar-refractivity contribution is 7.84. The number of carbonyl (C=O) groups is 2. The normalized spacial score (nSPS) is 26.2. The van der Waals surface area contributed by atoms with Crippen molar-refractivity contribution in [3.63, 3.8) is 0 Å². The van der Waals surface area contributed by atoms with E-state index in [2.05, 4.69) is 12.6 Å². The maximum Gasteiger partial charge on any atom is 0.338 e. The molecule has 3 aliphatic rings. The second kappa shape index (κ2) is 4.46. The van der Waals surface area contributed by atoms with Gasteiger partial charge < -0.3 is 10.8 Å². The molecule has 0 aromatic rings. The number of Topliss-reactive ketones (excluding diaryl/α,β-unsaturated/α-hetero) is 1. The van der Waals surface area contributed by atoms with E-state index in [9.17, 15) is 19.9 Å². The Balaban J connectivity index is 2.06. The van der Waals surface area contributed by atoms with Crippen molar-refractivity contribution in [2.75, 3.05) is 6.54 Å². The van der Waals surface area contributed by atoms with E-state index in [1.54, 1.807) is 6.08 Å². The summed E-state index contributed by atoms with van der Waals surface area (Å²) in [6, 6.07) is -0.973. The molecule has 3 aliphatic carbocycles. The first-order valence-corrected chi connectivity index (χ1v) is 7.08. The Labute approximate surface area is 127 Å². The summed E-state index contributed by atoms with van der Waals surface area (Å²) in [6.45, 7) is 1.74. The summed E-state index contributed by atoms with van der Waals surface area (Å²) >= 11 is 4.32. The zero-order valence-corrected chi connectivity index (χ0v) is 12.4. The predicted molar refractivity (Wildman–Crippen MR) is 77.6 cm³/mol. The highest BCUT2D eigenvalue weighted by atomic mass is 32.1. The summed E-state index contributed by atoms with van der Waals surface area (Å²) in [7, 11) is 0. The summed E-state index contributed by atoms with van der Waals surface area (Å²) in [5.41, 5.74) is 7.12. The predicted octanol–water partition coefficient (Wildman–Crippen LogP) is 0.921. The fourth-order valence-electron chi connectivity index (χ4n) is 3.23. The quantitative estimate of drug-likeness (QED) is 0.346. The maximum absolute atomic E-state index is 12.3. The second-order valence-corrected chi connectivity index (χ2v) is 6.22. The number of nitrogens with zero attached hydrogens (tertiary/aromatic N) is 1. The van der Waals surface area contributed by atoms with Gasteiger partial charge in [0.15, 0.2) is 5.78 Å². The Bertz CT molecular complexity index is 658. The van der Waals surface area contributed by atoms with Crippen LogP contribution in [0.2, 0.25) is 0 Å². The molecule has 112 valence electrons. The van der Waals surface area contributed by atoms with E-state index in [1.807, 2.05) is 6.92 Å². The van der Waals surface area contributed by atoms with Crippen molar-refractivity contribution >= 4 is 24.4 Å². The van der Waals surface area contributed by atoms with E-state index < -0.39 is 17.6 Å². The molecule has 0 aliphatic heterocycles. The highest BCUT2D eigenvalue weighted by Gasteiger charge is 2.58. The second-order valence-electron chi connectivity index (χ2n) is 5.74. The molecule has 1 spiro atoms. The molecule has 1 atom stereocenters. The number of urea groups is 1. The molecule has 0 bridgehead atoms. The van der Waals surface area contributed by atoms with Crippen molar-refractivity contribution < 1.29 is 19.9 Å². The lowest BCUT2D eigenvalue weighted by atomic mass is 9.74. The highest BCUT2D eigenvalue weighted by Crippen LogP contribution is 2.60. The van der Waals surface area contributed by atoms with E-state index >= 15 is 0 Å². The molecule has 3 rings (SSSR count). The van der Waals surface area contributed by atoms with Crippen LogP contribution in [0.3, 0.4) is 0 Å². The first-order valence-electron chi connectivity index (χ1n) is 6.63. The van der Waals surface area contributed by atoms with Crippen molar-refractivity contribution in [1.82, 2.24) is 5.06 Å². The number of rotatable bonds is 2. The molecule has 2 amide bonds. The van der Waals surface area contributed by atoms with Crippen LogP contribution >= 0.6 is 12.6 Å². The standard InChI is InChI=1S/C14H16N2O4S/c1-6-10-7(11(17)12(18)14(6)2-3-14)4-9(21)8(10)5-16(20)13(15)19/h4,12,18,20-21H,2-3,5H2,1H3,(H2,15,19). The summed E-state index contributed by atoms with van der Waals surface area (Å²) in [6.07, 6.45) is 2.08. The molecule has 0 heterocycles. The lowest BCUT2D eigenvalue weighted by molar-refractivity contribution is -0.126. The third-order valence-corrected chi connectivity index (χ3v) is 5.07. The van der Waals surface area contributed by atoms with Crippen LogP contribution in [0.15, 0.2) is 33.3 Å². The summed E-state index contributed by atoms with van der Waals surface area (Å²) < 4.78 is 0. The van der Waals surface area contributed by atoms with Crippen LogP contribution < -0.4 is 5.73 Å². The number of primary amides is 1. The van der Waals surface area contributed by atoms with Crippen LogP contribution in [0.5, 0.6) is 0 Å². The van der Waals surface area contributed by atoms with E-state index in [4.69, 9.17) is 5.73 Å². The van der Waals surface area contributed by atoms with Gasteiger partial charge in [0, 0.05) is 15.9 Å². The zero-order valence-electron chi connectivity index (χ0n) is 11.5. The van der Waals surface area contributed by atoms with Crippen LogP contribution in [0, 0.1) is 5.41 Å². The molecule has 1 saturated carbocycles. The Kier molecular flexibility index (Phi) is 3.05. The summed E-state index contributed by atoms with van der Waals surface area (Å²) in [4.78, 5) is 23.8. The Morgan fingerprint density at radius 1 is 1.57 bits per heavy atom. The number of fused-ring (bicyclic) bond motifs is 1. The molecular weight excluding hydrogens is 292 g/mol. The zero-order chi connectivity index (χ0) is 15.5. The van der Waals surface area contributed by atoms with Gasteiger partial charge in [0.25, 0.3) is 0 Å². The molecule has 0 radical (unpaired) electrons. The minimum absolute atomic E-state index is 0.139. The molecule has 1 fully saturated rings. The Morgan fingerprint density at radius 3 is 2.71 bits per heavy atom. The number of ketones is 1. The number of nitrogens with two attached hydrogens (primary N) is 1. The van der Waals surface area contributed by atoms with Crippen LogP contribution in [0.25, 0.3) is 0 Å². The van der Waals surface area contributed by atoms with Gasteiger partial charge in [0.1, 0.15) is 6.10 Å². The van der Waals surface area contributed by atoms with Crippen LogP contribution in [-0.2, 0) is 4.79 Å². The van der Waals surface area contributed by atoms with Gasteiger partial charge in [-0.25, -0.2) is 9.86 Å². The van der Waals surface area contributed by atoms with E-state index in [1.165, 1.54) is 0 Å². The first-order chi connectivity index (χ1) is 9.79. The van der Waals surface area contributed by atoms with Crippen molar-refractivity contribution in [2.24, 2.45) is 11.1 Å². The molecule has 6 nitrogen and oxygen atoms in total. The van der Waals surface area contributed by atoms with Gasteiger partial charge in [-0.1, -0.05) is 5.57 Å². The van der Waals surface area contributed by atoms with Crippen molar-refractivity contribution in [1.29, 1.82) is 0 Å². The van der Waals surface area contributed by atoms with Gasteiger partial charge in [0.2, 0.25) is 0 Å². The van der Waals surface area contributed by atoms with Gasteiger partial charge in [-0.3, -0.25) is 10.0 Å². The lowest BCUT2D eigenvalue weighted by Crippen LogP contribution is -2.39. The fourth-order valence-corrected chi connectivity index (χ4v) is 3.54. The van der Waals surface area contributed by atoms with Gasteiger partial charge in [-0.15, -0.1) is 12.6 Å². The van der Waals surface area contributed by atoms with Crippen molar-refractivity contribution in [3.8, 4) is 0 Å². The number of allylic oxidation sites excluding steroid dienone is 1. The number of aliphatic hydroxyl groups is 1. The van der Waals surface area contributed by atoms with E-state index in [0.717, 1.165) is 18.4 Å². The summed E-state index contributed by atoms with van der Waals surface area (Å²) in [5.74, 6) is -0.321. The molecule has 7 heteroatoms. The van der Waals surface area contributed by atoms with Gasteiger partial charge in [0.05, 0.1) is 6.54 Å². The van der Waals surface area contributed by atoms with Gasteiger partial charge in [-0.2, -0.15) is 0 Å². The molecular formula is C14H16N2O4S. The molecule has 21 heavy (non-hydrogen) atoms. The van der Waals surface area contributed by atoms with Gasteiger partial charge >= 0.3 is 6.03 Å². The molecule has 1 unspecified atom stereocenters. The number of hydroxylamine groups is 2. The maximum atomic E-state index is 12.3. The molecule has 0 aromatic carbocycles. The van der Waals surface area contributed by atoms with Crippen LogP contribution in [-0.4, -0.2) is 39.8 Å². The molecule has 4 N–H and O–H groups in total. The van der Waals surface area contributed by atoms with Crippen LogP contribution in [0.4, 0.5) is 4.79 Å². The minimum Gasteiger partial charge on any atom is -0.384 e. The SMILES string of the molecule is CC1=C2C(=CC(S)=C2CN(O)C(N)=O)C(=O)C(O)C12CC2. The number of amides is 2. The van der Waals surface area contributed by atoms with Gasteiger partial charge in [-0.05, 0) is 37.0 Å². The van der Waals surface area contributed by atoms with Crippen LogP contribution in [0.1, 0.15) is 19.8 Å². The van der Waals surface area contributed by atoms with E-state index in [-0.39, 0.29) is 12.3 Å². The third-order valence-electron chi connectivity index (χ3n) is 4.67. The van der Waals surface area contributed by atoms with Crippen molar-refractivity contribution in [3.05, 3.63) is 33.3 Å². The average molecular weight is 308 g/mol. The smallest absolute Gasteiger partial charge is 0.338 e. The lowest BCUT2D eigenvalue weighted by Gasteiger charge is -2.31. The monoisotopic (exact) mass is 308 g/mol. The average Bonchev–Trinajstić information content (AvgIpc) is 3.17. The minimum atomic E-state index is -1.02. The third kappa shape index (κ3) is 1.88. The number of thiol groups is 1. The molecule has 0 saturated heterocycles. The number of hydrogen-bond donors (Lipinski definition) is 4. The van der Waals surface area contributed by atoms with Crippen molar-refractivity contribution in [2.45, 2.75) is 25.9 Å². The number of carbonyl (C=O) groups excluding carboxylic acids is 2. The topological polar surface area (TPSA) is 104 Å². The molecule has 0 aromatic heterocycles. The number of hydrogen-bond acceptors (Lipinski definition) is 5. The Morgan fingerprint density at radius 2 is 2.19 bits per heavy atom. The summed E-state index contributed by atoms with van der Waals surface area (Å²) in [5, 5.41) is 20.2. The fraction of sp³-hybridized carbons (Fsp3) is 0.429. The number of aliphatic hydroxyl groups excluding tert-OH is 1. The Hall–Kier alpha value is -1.57. The van der Waals surface area contributed by atoms with E-state index in [0.29, 0.717) is 26.7 Å². The first kappa shape index (κ1) is 14.4.